The van der Waals surface area contributed by atoms with Crippen molar-refractivity contribution in [2.75, 3.05) is 19.5 Å². The van der Waals surface area contributed by atoms with Crippen LogP contribution in [0.25, 0.3) is 11.3 Å². The summed E-state index contributed by atoms with van der Waals surface area (Å²) in [4.78, 5) is 34.2. The van der Waals surface area contributed by atoms with Crippen molar-refractivity contribution in [3.8, 4) is 23.1 Å². The average Bonchev–Trinajstić information content (AvgIpc) is 2.77. The van der Waals surface area contributed by atoms with Gasteiger partial charge in [0.1, 0.15) is 6.61 Å². The number of amides is 1. The second-order valence-electron chi connectivity index (χ2n) is 6.78. The van der Waals surface area contributed by atoms with Gasteiger partial charge in [0.2, 0.25) is 0 Å². The van der Waals surface area contributed by atoms with Crippen LogP contribution in [0.3, 0.4) is 0 Å². The number of carbonyl (C=O) groups is 2. The van der Waals surface area contributed by atoms with Gasteiger partial charge in [0.05, 0.1) is 11.9 Å². The number of benzene rings is 1. The zero-order valence-corrected chi connectivity index (χ0v) is 17.8. The number of nitrogens with zero attached hydrogens (tertiary/aromatic N) is 2. The fourth-order valence-electron chi connectivity index (χ4n) is 2.58. The number of nitrogens with two attached hydrogens (primary N) is 1. The molecule has 1 heterocycles. The number of carbonyl (C=O) groups excluding carboxylic acids is 2. The van der Waals surface area contributed by atoms with Gasteiger partial charge in [-0.15, -0.1) is 0 Å². The maximum atomic E-state index is 13.8. The van der Waals surface area contributed by atoms with Crippen molar-refractivity contribution in [2.24, 2.45) is 0 Å². The molecule has 0 saturated carbocycles. The lowest BCUT2D eigenvalue weighted by Crippen LogP contribution is -2.55. The zero-order chi connectivity index (χ0) is 26.6. The average molecular weight is 506 g/mol. The number of methoxy groups -OCH3 is 1. The van der Waals surface area contributed by atoms with Gasteiger partial charge in [0.15, 0.2) is 11.5 Å². The molecule has 4 N–H and O–H groups in total. The van der Waals surface area contributed by atoms with E-state index in [2.05, 4.69) is 26.6 Å². The lowest BCUT2D eigenvalue weighted by atomic mass is 9.89. The van der Waals surface area contributed by atoms with Crippen molar-refractivity contribution >= 4 is 17.7 Å². The molecule has 2 aromatic rings. The summed E-state index contributed by atoms with van der Waals surface area (Å²) in [5, 5.41) is 10.3. The SMILES string of the molecule is COCC#Cc1nc(-c2cc(C(O)(C(=O)NOC(=O)C(F)(F)F)C(F)(F)F)ccc2C)cnc1N. The summed E-state index contributed by atoms with van der Waals surface area (Å²) in [5.41, 5.74) is 1.05. The minimum Gasteiger partial charge on any atom is -0.381 e. The summed E-state index contributed by atoms with van der Waals surface area (Å²) in [5.74, 6) is -0.453. The minimum absolute atomic E-state index is 0.0203. The number of alkyl halides is 6. The number of rotatable bonds is 4. The van der Waals surface area contributed by atoms with Crippen LogP contribution in [-0.2, 0) is 24.8 Å². The van der Waals surface area contributed by atoms with Crippen LogP contribution in [0.5, 0.6) is 0 Å². The van der Waals surface area contributed by atoms with Crippen LogP contribution in [0.4, 0.5) is 32.2 Å². The van der Waals surface area contributed by atoms with E-state index < -0.39 is 35.4 Å². The molecule has 0 fully saturated rings. The van der Waals surface area contributed by atoms with Gasteiger partial charge in [-0.05, 0) is 24.5 Å². The number of nitrogens with one attached hydrogen (secondary N) is 1. The number of hydrogen-bond donors (Lipinski definition) is 3. The van der Waals surface area contributed by atoms with Crippen LogP contribution < -0.4 is 11.2 Å². The summed E-state index contributed by atoms with van der Waals surface area (Å²) >= 11 is 0. The summed E-state index contributed by atoms with van der Waals surface area (Å²) in [6.45, 7) is 1.48. The van der Waals surface area contributed by atoms with Gasteiger partial charge in [0, 0.05) is 18.2 Å². The Morgan fingerprint density at radius 3 is 2.43 bits per heavy atom. The maximum Gasteiger partial charge on any atom is 0.493 e. The summed E-state index contributed by atoms with van der Waals surface area (Å²) in [6.07, 6.45) is -10.3. The second kappa shape index (κ2) is 10.2. The van der Waals surface area contributed by atoms with Gasteiger partial charge in [-0.2, -0.15) is 31.8 Å². The van der Waals surface area contributed by atoms with E-state index in [0.29, 0.717) is 17.1 Å². The molecule has 0 aliphatic heterocycles. The maximum absolute atomic E-state index is 13.8. The number of aromatic nitrogens is 2. The number of aliphatic hydroxyl groups is 1. The quantitative estimate of drug-likeness (QED) is 0.325. The van der Waals surface area contributed by atoms with Crippen molar-refractivity contribution in [3.05, 3.63) is 41.2 Å². The Balaban J connectivity index is 2.55. The summed E-state index contributed by atoms with van der Waals surface area (Å²) < 4.78 is 82.8. The van der Waals surface area contributed by atoms with Gasteiger partial charge in [0.25, 0.3) is 11.5 Å². The first-order valence-corrected chi connectivity index (χ1v) is 9.22. The van der Waals surface area contributed by atoms with Crippen molar-refractivity contribution < 1.29 is 50.6 Å². The molecule has 0 spiro atoms. The number of hydrogen-bond acceptors (Lipinski definition) is 8. The predicted octanol–water partition coefficient (Wildman–Crippen LogP) is 1.92. The van der Waals surface area contributed by atoms with Crippen LogP contribution >= 0.6 is 0 Å². The Hall–Kier alpha value is -3.90. The van der Waals surface area contributed by atoms with E-state index in [4.69, 9.17) is 10.5 Å². The van der Waals surface area contributed by atoms with E-state index in [9.17, 15) is 41.0 Å². The Morgan fingerprint density at radius 1 is 1.20 bits per heavy atom. The fourth-order valence-corrected chi connectivity index (χ4v) is 2.58. The Labute approximate surface area is 193 Å². The third-order valence-corrected chi connectivity index (χ3v) is 4.36. The molecule has 1 aromatic heterocycles. The number of hydroxylamine groups is 1. The molecule has 9 nitrogen and oxygen atoms in total. The molecule has 15 heteroatoms. The second-order valence-corrected chi connectivity index (χ2v) is 6.78. The number of nitrogen functional groups attached to an aromatic ring is 1. The lowest BCUT2D eigenvalue weighted by molar-refractivity contribution is -0.262. The van der Waals surface area contributed by atoms with E-state index in [1.807, 2.05) is 0 Å². The van der Waals surface area contributed by atoms with Crippen LogP contribution in [0.1, 0.15) is 16.8 Å². The Morgan fingerprint density at radius 2 is 1.86 bits per heavy atom. The highest BCUT2D eigenvalue weighted by molar-refractivity contribution is 5.88. The first-order chi connectivity index (χ1) is 16.1. The lowest BCUT2D eigenvalue weighted by Gasteiger charge is -2.29. The van der Waals surface area contributed by atoms with E-state index in [1.165, 1.54) is 14.0 Å². The largest absolute Gasteiger partial charge is 0.493 e. The van der Waals surface area contributed by atoms with Crippen LogP contribution in [0, 0.1) is 18.8 Å². The minimum atomic E-state index is -5.75. The smallest absolute Gasteiger partial charge is 0.381 e. The van der Waals surface area contributed by atoms with Gasteiger partial charge >= 0.3 is 18.3 Å². The molecular formula is C20H16F6N4O5. The zero-order valence-electron chi connectivity index (χ0n) is 17.8. The molecule has 1 unspecified atom stereocenters. The highest BCUT2D eigenvalue weighted by Crippen LogP contribution is 2.41. The highest BCUT2D eigenvalue weighted by Gasteiger charge is 2.61. The number of anilines is 1. The molecular weight excluding hydrogens is 490 g/mol. The van der Waals surface area contributed by atoms with Crippen LogP contribution in [0.15, 0.2) is 24.4 Å². The third kappa shape index (κ3) is 5.97. The molecule has 1 aromatic carbocycles. The highest BCUT2D eigenvalue weighted by atomic mass is 19.4. The molecule has 0 bridgehead atoms. The van der Waals surface area contributed by atoms with Crippen molar-refractivity contribution in [1.29, 1.82) is 0 Å². The standard InChI is InChI=1S/C20H16F6N4O5/c1-10-5-6-11(8-12(10)14-9-28-15(27)13(29-14)4-3-7-34-2)18(33,20(24,25)26)16(31)30-35-17(32)19(21,22)23/h5-6,8-9,33H,7H2,1-2H3,(H2,27,28)(H,30,31). The topological polar surface area (TPSA) is 137 Å². The van der Waals surface area contributed by atoms with Crippen LogP contribution in [0.2, 0.25) is 0 Å². The van der Waals surface area contributed by atoms with Crippen LogP contribution in [-0.4, -0.2) is 53.0 Å². The van der Waals surface area contributed by atoms with Crippen molar-refractivity contribution in [2.45, 2.75) is 24.9 Å². The summed E-state index contributed by atoms with van der Waals surface area (Å²) in [6, 6.07) is 2.52. The molecule has 0 saturated heterocycles. The van der Waals surface area contributed by atoms with Crippen molar-refractivity contribution in [3.63, 3.8) is 0 Å². The number of halogens is 6. The molecule has 188 valence electrons. The van der Waals surface area contributed by atoms with Gasteiger partial charge < -0.3 is 20.4 Å². The first kappa shape index (κ1) is 27.3. The first-order valence-electron chi connectivity index (χ1n) is 9.22. The van der Waals surface area contributed by atoms with E-state index in [1.54, 1.807) is 0 Å². The Bertz CT molecular complexity index is 1190. The van der Waals surface area contributed by atoms with E-state index >= 15 is 0 Å². The van der Waals surface area contributed by atoms with Crippen molar-refractivity contribution in [1.82, 2.24) is 15.4 Å². The van der Waals surface area contributed by atoms with E-state index in [0.717, 1.165) is 18.3 Å². The summed E-state index contributed by atoms with van der Waals surface area (Å²) in [7, 11) is 1.39. The molecule has 1 amide bonds. The molecule has 2 rings (SSSR count). The monoisotopic (exact) mass is 506 g/mol. The molecule has 1 atom stereocenters. The molecule has 35 heavy (non-hydrogen) atoms. The predicted molar refractivity (Wildman–Crippen MR) is 106 cm³/mol. The molecule has 0 aliphatic carbocycles. The van der Waals surface area contributed by atoms with E-state index in [-0.39, 0.29) is 29.4 Å². The fraction of sp³-hybridized carbons (Fsp3) is 0.300. The Kier molecular flexibility index (Phi) is 7.93. The molecule has 0 aliphatic rings. The van der Waals surface area contributed by atoms with Gasteiger partial charge in [-0.3, -0.25) is 4.79 Å². The third-order valence-electron chi connectivity index (χ3n) is 4.36. The number of ether oxygens (including phenoxy) is 1. The molecule has 0 radical (unpaired) electrons. The normalized spacial score (nSPS) is 13.3. The van der Waals surface area contributed by atoms with Gasteiger partial charge in [-0.1, -0.05) is 18.1 Å². The van der Waals surface area contributed by atoms with Gasteiger partial charge in [-0.25, -0.2) is 14.8 Å². The number of aryl methyl sites for hydroxylation is 1.